The van der Waals surface area contributed by atoms with Crippen molar-refractivity contribution in [3.63, 3.8) is 0 Å². The van der Waals surface area contributed by atoms with Crippen molar-refractivity contribution in [2.45, 2.75) is 39.5 Å². The molecule has 1 unspecified atom stereocenters. The third kappa shape index (κ3) is 3.65. The fourth-order valence-electron chi connectivity index (χ4n) is 1.74. The van der Waals surface area contributed by atoms with Gasteiger partial charge in [-0.15, -0.1) is 0 Å². The molecule has 0 saturated carbocycles. The first-order chi connectivity index (χ1) is 7.06. The Bertz CT molecular complexity index is 282. The lowest BCUT2D eigenvalue weighted by Gasteiger charge is -2.30. The topological polar surface area (TPSA) is 21.3 Å². The van der Waals surface area contributed by atoms with E-state index in [1.807, 2.05) is 19.9 Å². The lowest BCUT2D eigenvalue weighted by atomic mass is 9.94. The summed E-state index contributed by atoms with van der Waals surface area (Å²) in [6.07, 6.45) is 0.0743. The highest BCUT2D eigenvalue weighted by atomic mass is 16.5. The first-order valence-corrected chi connectivity index (χ1v) is 5.51. The normalized spacial score (nSPS) is 13.9. The van der Waals surface area contributed by atoms with Gasteiger partial charge in [0.25, 0.3) is 0 Å². The predicted molar refractivity (Wildman–Crippen MR) is 63.7 cm³/mol. The van der Waals surface area contributed by atoms with Gasteiger partial charge >= 0.3 is 0 Å². The largest absolute Gasteiger partial charge is 0.364 e. The number of hydrogen-bond donors (Lipinski definition) is 1. The van der Waals surface area contributed by atoms with Crippen LogP contribution < -0.4 is 5.32 Å². The Balaban J connectivity index is 2.67. The number of nitrogens with one attached hydrogen (secondary N) is 1. The van der Waals surface area contributed by atoms with Gasteiger partial charge in [-0.1, -0.05) is 30.3 Å². The molecular weight excluding hydrogens is 186 g/mol. The summed E-state index contributed by atoms with van der Waals surface area (Å²) in [5.41, 5.74) is 1.21. The highest BCUT2D eigenvalue weighted by molar-refractivity contribution is 5.22. The summed E-state index contributed by atoms with van der Waals surface area (Å²) in [7, 11) is 0. The molecule has 1 rings (SSSR count). The van der Waals surface area contributed by atoms with E-state index in [0.717, 1.165) is 6.61 Å². The van der Waals surface area contributed by atoms with Crippen LogP contribution in [0.15, 0.2) is 30.3 Å². The van der Waals surface area contributed by atoms with Crippen LogP contribution in [0, 0.1) is 0 Å². The van der Waals surface area contributed by atoms with Gasteiger partial charge in [0, 0.05) is 12.1 Å². The van der Waals surface area contributed by atoms with Gasteiger partial charge in [0.15, 0.2) is 0 Å². The van der Waals surface area contributed by atoms with Gasteiger partial charge in [-0.25, -0.2) is 0 Å². The van der Waals surface area contributed by atoms with Crippen LogP contribution >= 0.6 is 0 Å². The molecule has 1 atom stereocenters. The van der Waals surface area contributed by atoms with Crippen LogP contribution in [-0.4, -0.2) is 12.8 Å². The van der Waals surface area contributed by atoms with Crippen molar-refractivity contribution >= 4 is 0 Å². The van der Waals surface area contributed by atoms with Crippen LogP contribution in [0.5, 0.6) is 0 Å². The van der Waals surface area contributed by atoms with Crippen LogP contribution in [0.25, 0.3) is 0 Å². The number of benzene rings is 1. The fourth-order valence-corrected chi connectivity index (χ4v) is 1.74. The van der Waals surface area contributed by atoms with Gasteiger partial charge in [0.1, 0.15) is 6.23 Å². The van der Waals surface area contributed by atoms with Crippen LogP contribution in [0.1, 0.15) is 33.3 Å². The Labute approximate surface area is 92.6 Å². The quantitative estimate of drug-likeness (QED) is 0.750. The number of hydrogen-bond acceptors (Lipinski definition) is 2. The van der Waals surface area contributed by atoms with Crippen LogP contribution in [0.4, 0.5) is 0 Å². The molecule has 0 spiro atoms. The highest BCUT2D eigenvalue weighted by Gasteiger charge is 2.21. The van der Waals surface area contributed by atoms with Crippen molar-refractivity contribution in [3.05, 3.63) is 35.9 Å². The molecule has 0 aliphatic heterocycles. The zero-order chi connectivity index (χ0) is 11.3. The van der Waals surface area contributed by atoms with E-state index in [2.05, 4.69) is 43.4 Å². The Morgan fingerprint density at radius 2 is 1.87 bits per heavy atom. The standard InChI is InChI=1S/C13H21NO/c1-5-15-11(2)14-13(3,4)12-9-7-6-8-10-12/h6-11,14H,5H2,1-4H3. The third-order valence-electron chi connectivity index (χ3n) is 2.48. The Hall–Kier alpha value is -0.860. The van der Waals surface area contributed by atoms with Gasteiger partial charge in [-0.3, -0.25) is 5.32 Å². The predicted octanol–water partition coefficient (Wildman–Crippen LogP) is 2.89. The molecule has 0 heterocycles. The monoisotopic (exact) mass is 207 g/mol. The molecule has 0 aromatic heterocycles. The summed E-state index contributed by atoms with van der Waals surface area (Å²) < 4.78 is 5.49. The Morgan fingerprint density at radius 1 is 1.27 bits per heavy atom. The van der Waals surface area contributed by atoms with Crippen molar-refractivity contribution in [1.82, 2.24) is 5.32 Å². The van der Waals surface area contributed by atoms with E-state index in [0.29, 0.717) is 0 Å². The van der Waals surface area contributed by atoms with E-state index < -0.39 is 0 Å². The molecule has 1 N–H and O–H groups in total. The number of ether oxygens (including phenoxy) is 1. The highest BCUT2D eigenvalue weighted by Crippen LogP contribution is 2.20. The summed E-state index contributed by atoms with van der Waals surface area (Å²) in [6, 6.07) is 10.4. The first-order valence-electron chi connectivity index (χ1n) is 5.51. The molecule has 0 bridgehead atoms. The minimum atomic E-state index is -0.0597. The van der Waals surface area contributed by atoms with Crippen molar-refractivity contribution in [3.8, 4) is 0 Å². The third-order valence-corrected chi connectivity index (χ3v) is 2.48. The lowest BCUT2D eigenvalue weighted by molar-refractivity contribution is 0.0303. The van der Waals surface area contributed by atoms with Crippen molar-refractivity contribution in [2.24, 2.45) is 0 Å². The van der Waals surface area contributed by atoms with Gasteiger partial charge in [0.2, 0.25) is 0 Å². The molecule has 84 valence electrons. The van der Waals surface area contributed by atoms with E-state index in [1.54, 1.807) is 0 Å². The second-order valence-electron chi connectivity index (χ2n) is 4.23. The Morgan fingerprint density at radius 3 is 2.40 bits per heavy atom. The maximum absolute atomic E-state index is 5.49. The number of rotatable bonds is 5. The molecule has 0 fully saturated rings. The fraction of sp³-hybridized carbons (Fsp3) is 0.538. The molecular formula is C13H21NO. The van der Waals surface area contributed by atoms with Gasteiger partial charge in [0.05, 0.1) is 0 Å². The molecule has 15 heavy (non-hydrogen) atoms. The molecule has 2 nitrogen and oxygen atoms in total. The SMILES string of the molecule is CCOC(C)NC(C)(C)c1ccccc1. The van der Waals surface area contributed by atoms with Gasteiger partial charge < -0.3 is 4.74 Å². The molecule has 1 aromatic carbocycles. The van der Waals surface area contributed by atoms with E-state index in [4.69, 9.17) is 4.74 Å². The zero-order valence-corrected chi connectivity index (χ0v) is 10.1. The van der Waals surface area contributed by atoms with E-state index in [-0.39, 0.29) is 11.8 Å². The summed E-state index contributed by atoms with van der Waals surface area (Å²) in [5, 5.41) is 3.45. The summed E-state index contributed by atoms with van der Waals surface area (Å²) in [6.45, 7) is 9.11. The summed E-state index contributed by atoms with van der Waals surface area (Å²) in [4.78, 5) is 0. The lowest BCUT2D eigenvalue weighted by Crippen LogP contribution is -2.43. The van der Waals surface area contributed by atoms with E-state index >= 15 is 0 Å². The minimum absolute atomic E-state index is 0.0597. The molecule has 0 aliphatic rings. The average Bonchev–Trinajstić information content (AvgIpc) is 2.18. The van der Waals surface area contributed by atoms with Crippen molar-refractivity contribution in [2.75, 3.05) is 6.61 Å². The van der Waals surface area contributed by atoms with Crippen molar-refractivity contribution < 1.29 is 4.74 Å². The van der Waals surface area contributed by atoms with E-state index in [9.17, 15) is 0 Å². The first kappa shape index (κ1) is 12.2. The zero-order valence-electron chi connectivity index (χ0n) is 10.1. The van der Waals surface area contributed by atoms with Gasteiger partial charge in [-0.2, -0.15) is 0 Å². The second kappa shape index (κ2) is 5.29. The molecule has 2 heteroatoms. The molecule has 0 amide bonds. The molecule has 0 aliphatic carbocycles. The maximum atomic E-state index is 5.49. The Kier molecular flexibility index (Phi) is 4.30. The molecule has 0 saturated heterocycles. The van der Waals surface area contributed by atoms with E-state index in [1.165, 1.54) is 5.56 Å². The molecule has 1 aromatic rings. The maximum Gasteiger partial charge on any atom is 0.105 e. The minimum Gasteiger partial charge on any atom is -0.364 e. The second-order valence-corrected chi connectivity index (χ2v) is 4.23. The van der Waals surface area contributed by atoms with Crippen LogP contribution in [-0.2, 0) is 10.3 Å². The summed E-state index contributed by atoms with van der Waals surface area (Å²) in [5.74, 6) is 0. The summed E-state index contributed by atoms with van der Waals surface area (Å²) >= 11 is 0. The molecule has 0 radical (unpaired) electrons. The van der Waals surface area contributed by atoms with Crippen LogP contribution in [0.2, 0.25) is 0 Å². The smallest absolute Gasteiger partial charge is 0.105 e. The van der Waals surface area contributed by atoms with Crippen LogP contribution in [0.3, 0.4) is 0 Å². The van der Waals surface area contributed by atoms with Gasteiger partial charge in [-0.05, 0) is 33.3 Å². The average molecular weight is 207 g/mol. The van der Waals surface area contributed by atoms with Crippen molar-refractivity contribution in [1.29, 1.82) is 0 Å².